The van der Waals surface area contributed by atoms with E-state index in [1.807, 2.05) is 6.92 Å². The van der Waals surface area contributed by atoms with Gasteiger partial charge in [-0.05, 0) is 32.1 Å². The van der Waals surface area contributed by atoms with Crippen molar-refractivity contribution in [2.45, 2.75) is 45.6 Å². The number of aliphatic hydroxyl groups is 1. The lowest BCUT2D eigenvalue weighted by molar-refractivity contribution is 0.165. The van der Waals surface area contributed by atoms with Crippen LogP contribution in [0.3, 0.4) is 0 Å². The van der Waals surface area contributed by atoms with E-state index in [0.717, 1.165) is 25.7 Å². The van der Waals surface area contributed by atoms with Crippen LogP contribution in [0.4, 0.5) is 0 Å². The topological polar surface area (TPSA) is 60.9 Å². The van der Waals surface area contributed by atoms with Gasteiger partial charge in [-0.15, -0.1) is 0 Å². The van der Waals surface area contributed by atoms with E-state index >= 15 is 0 Å². The molecule has 1 saturated heterocycles. The highest BCUT2D eigenvalue weighted by atomic mass is 32.2. The van der Waals surface area contributed by atoms with Crippen molar-refractivity contribution in [3.63, 3.8) is 0 Å². The summed E-state index contributed by atoms with van der Waals surface area (Å²) in [5.74, 6) is 0.259. The second-order valence-electron chi connectivity index (χ2n) is 5.19. The second-order valence-corrected chi connectivity index (χ2v) is 7.17. The molecule has 0 amide bonds. The molecule has 1 aliphatic heterocycles. The first-order chi connectivity index (χ1) is 8.43. The number of hydrogen-bond acceptors (Lipinski definition) is 3. The van der Waals surface area contributed by atoms with Gasteiger partial charge in [-0.25, -0.2) is 0 Å². The van der Waals surface area contributed by atoms with Gasteiger partial charge in [0.2, 0.25) is 0 Å². The Bertz CT molecular complexity index is 337. The summed E-state index contributed by atoms with van der Waals surface area (Å²) in [6, 6.07) is 0.0376. The van der Waals surface area contributed by atoms with Crippen LogP contribution in [-0.4, -0.2) is 54.9 Å². The van der Waals surface area contributed by atoms with Crippen molar-refractivity contribution < 1.29 is 13.5 Å². The Kier molecular flexibility index (Phi) is 6.04. The predicted octanol–water partition coefficient (Wildman–Crippen LogP) is 1.06. The van der Waals surface area contributed by atoms with Crippen LogP contribution < -0.4 is 0 Å². The number of rotatable bonds is 6. The summed E-state index contributed by atoms with van der Waals surface area (Å²) < 4.78 is 27.8. The summed E-state index contributed by atoms with van der Waals surface area (Å²) in [5.41, 5.74) is 0. The molecule has 1 fully saturated rings. The Balaban J connectivity index is 2.64. The zero-order valence-electron chi connectivity index (χ0n) is 11.7. The van der Waals surface area contributed by atoms with Gasteiger partial charge in [0.25, 0.3) is 10.2 Å². The Morgan fingerprint density at radius 3 is 2.39 bits per heavy atom. The molecule has 1 unspecified atom stereocenters. The molecule has 1 rings (SSSR count). The fraction of sp³-hybridized carbons (Fsp3) is 1.00. The number of hydrogen-bond donors (Lipinski definition) is 1. The van der Waals surface area contributed by atoms with Crippen molar-refractivity contribution in [1.82, 2.24) is 8.61 Å². The van der Waals surface area contributed by atoms with E-state index in [9.17, 15) is 8.42 Å². The highest BCUT2D eigenvalue weighted by molar-refractivity contribution is 7.86. The fourth-order valence-electron chi connectivity index (χ4n) is 2.33. The van der Waals surface area contributed by atoms with Crippen molar-refractivity contribution in [3.8, 4) is 0 Å². The monoisotopic (exact) mass is 278 g/mol. The van der Waals surface area contributed by atoms with Gasteiger partial charge >= 0.3 is 0 Å². The van der Waals surface area contributed by atoms with Crippen molar-refractivity contribution in [3.05, 3.63) is 0 Å². The molecule has 6 heteroatoms. The van der Waals surface area contributed by atoms with Crippen molar-refractivity contribution in [1.29, 1.82) is 0 Å². The van der Waals surface area contributed by atoms with Crippen LogP contribution >= 0.6 is 0 Å². The third-order valence-electron chi connectivity index (χ3n) is 3.85. The lowest BCUT2D eigenvalue weighted by atomic mass is 10.00. The molecule has 1 N–H and O–H groups in total. The molecule has 18 heavy (non-hydrogen) atoms. The number of piperidine rings is 1. The highest BCUT2D eigenvalue weighted by Gasteiger charge is 2.32. The third kappa shape index (κ3) is 3.66. The van der Waals surface area contributed by atoms with E-state index in [-0.39, 0.29) is 18.6 Å². The van der Waals surface area contributed by atoms with Gasteiger partial charge in [0.15, 0.2) is 0 Å². The smallest absolute Gasteiger partial charge is 0.281 e. The summed E-state index contributed by atoms with van der Waals surface area (Å²) in [4.78, 5) is 0. The Morgan fingerprint density at radius 2 is 1.94 bits per heavy atom. The van der Waals surface area contributed by atoms with Gasteiger partial charge in [-0.3, -0.25) is 0 Å². The molecule has 0 saturated carbocycles. The van der Waals surface area contributed by atoms with E-state index in [2.05, 4.69) is 6.92 Å². The third-order valence-corrected chi connectivity index (χ3v) is 5.95. The van der Waals surface area contributed by atoms with Crippen LogP contribution in [0.2, 0.25) is 0 Å². The lowest BCUT2D eigenvalue weighted by Crippen LogP contribution is -2.48. The van der Waals surface area contributed by atoms with Crippen LogP contribution in [0.1, 0.15) is 39.5 Å². The van der Waals surface area contributed by atoms with Crippen LogP contribution in [0.25, 0.3) is 0 Å². The van der Waals surface area contributed by atoms with E-state index in [1.165, 1.54) is 4.31 Å². The molecule has 0 aromatic carbocycles. The molecule has 5 nitrogen and oxygen atoms in total. The quantitative estimate of drug-likeness (QED) is 0.790. The SMILES string of the molecule is CCCC(C)N(C)S(=O)(=O)N1CCC(CO)CC1. The zero-order valence-corrected chi connectivity index (χ0v) is 12.5. The molecule has 108 valence electrons. The zero-order chi connectivity index (χ0) is 13.8. The number of aliphatic hydroxyl groups excluding tert-OH is 1. The van der Waals surface area contributed by atoms with Gasteiger partial charge in [0.1, 0.15) is 0 Å². The maximum atomic E-state index is 12.4. The second kappa shape index (κ2) is 6.84. The van der Waals surface area contributed by atoms with Crippen LogP contribution in [0.15, 0.2) is 0 Å². The standard InChI is InChI=1S/C12H26N2O3S/c1-4-5-11(2)13(3)18(16,17)14-8-6-12(10-15)7-9-14/h11-12,15H,4-10H2,1-3H3. The number of nitrogens with zero attached hydrogens (tertiary/aromatic N) is 2. The van der Waals surface area contributed by atoms with Gasteiger partial charge in [-0.2, -0.15) is 17.0 Å². The van der Waals surface area contributed by atoms with Crippen molar-refractivity contribution >= 4 is 10.2 Å². The van der Waals surface area contributed by atoms with Crippen LogP contribution in [0, 0.1) is 5.92 Å². The van der Waals surface area contributed by atoms with E-state index < -0.39 is 10.2 Å². The van der Waals surface area contributed by atoms with Gasteiger partial charge in [0, 0.05) is 32.8 Å². The molecule has 0 radical (unpaired) electrons. The summed E-state index contributed by atoms with van der Waals surface area (Å²) in [7, 11) is -1.67. The fourth-order valence-corrected chi connectivity index (χ4v) is 3.93. The van der Waals surface area contributed by atoms with Gasteiger partial charge < -0.3 is 5.11 Å². The Morgan fingerprint density at radius 1 is 1.39 bits per heavy atom. The molecule has 1 aliphatic rings. The average Bonchev–Trinajstić information content (AvgIpc) is 2.38. The average molecular weight is 278 g/mol. The maximum Gasteiger partial charge on any atom is 0.281 e. The molecular weight excluding hydrogens is 252 g/mol. The van der Waals surface area contributed by atoms with E-state index in [1.54, 1.807) is 11.4 Å². The minimum absolute atomic E-state index is 0.0376. The first kappa shape index (κ1) is 15.9. The molecule has 1 heterocycles. The normalized spacial score (nSPS) is 21.4. The van der Waals surface area contributed by atoms with Crippen LogP contribution in [-0.2, 0) is 10.2 Å². The molecule has 1 atom stereocenters. The summed E-state index contributed by atoms with van der Waals surface area (Å²) in [6.45, 7) is 5.22. The van der Waals surface area contributed by atoms with E-state index in [0.29, 0.717) is 13.1 Å². The van der Waals surface area contributed by atoms with Gasteiger partial charge in [0.05, 0.1) is 0 Å². The summed E-state index contributed by atoms with van der Waals surface area (Å²) >= 11 is 0. The van der Waals surface area contributed by atoms with Crippen molar-refractivity contribution in [2.24, 2.45) is 5.92 Å². The summed E-state index contributed by atoms with van der Waals surface area (Å²) in [6.07, 6.45) is 3.37. The van der Waals surface area contributed by atoms with Crippen LogP contribution in [0.5, 0.6) is 0 Å². The minimum atomic E-state index is -3.33. The maximum absolute atomic E-state index is 12.4. The molecular formula is C12H26N2O3S. The Labute approximate surface area is 111 Å². The summed E-state index contributed by atoms with van der Waals surface area (Å²) in [5, 5.41) is 9.07. The predicted molar refractivity (Wildman–Crippen MR) is 72.4 cm³/mol. The van der Waals surface area contributed by atoms with E-state index in [4.69, 9.17) is 5.11 Å². The molecule has 0 aliphatic carbocycles. The Hall–Kier alpha value is -0.170. The minimum Gasteiger partial charge on any atom is -0.396 e. The lowest BCUT2D eigenvalue weighted by Gasteiger charge is -2.35. The largest absolute Gasteiger partial charge is 0.396 e. The van der Waals surface area contributed by atoms with Gasteiger partial charge in [-0.1, -0.05) is 13.3 Å². The van der Waals surface area contributed by atoms with Crippen molar-refractivity contribution in [2.75, 3.05) is 26.7 Å². The highest BCUT2D eigenvalue weighted by Crippen LogP contribution is 2.22. The first-order valence-corrected chi connectivity index (χ1v) is 8.17. The molecule has 0 bridgehead atoms. The molecule has 0 spiro atoms. The molecule has 0 aromatic rings. The molecule has 0 aromatic heterocycles. The first-order valence-electron chi connectivity index (χ1n) is 6.77.